The summed E-state index contributed by atoms with van der Waals surface area (Å²) in [6.07, 6.45) is 4.14. The van der Waals surface area contributed by atoms with Gasteiger partial charge in [0, 0.05) is 19.6 Å². The minimum absolute atomic E-state index is 0.0978. The molecule has 1 amide bonds. The fourth-order valence-corrected chi connectivity index (χ4v) is 3.19. The number of amides is 1. The van der Waals surface area contributed by atoms with E-state index in [1.807, 2.05) is 0 Å². The number of aliphatic hydroxyl groups is 1. The third-order valence-electron chi connectivity index (χ3n) is 4.56. The molecule has 1 aliphatic rings. The molecule has 0 atom stereocenters. The van der Waals surface area contributed by atoms with Gasteiger partial charge in [0.05, 0.1) is 12.5 Å². The largest absolute Gasteiger partial charge is 0.393 e. The SMILES string of the molecule is CC(C)Cc1ccc(CC(=O)NCCCN2CCC(O)CC2)cc1. The molecule has 1 aliphatic heterocycles. The number of carbonyl (C=O) groups is 1. The number of hydrogen-bond acceptors (Lipinski definition) is 3. The maximum Gasteiger partial charge on any atom is 0.224 e. The quantitative estimate of drug-likeness (QED) is 0.719. The van der Waals surface area contributed by atoms with Crippen molar-refractivity contribution in [3.63, 3.8) is 0 Å². The second kappa shape index (κ2) is 9.80. The molecule has 134 valence electrons. The highest BCUT2D eigenvalue weighted by Gasteiger charge is 2.16. The highest BCUT2D eigenvalue weighted by atomic mass is 16.3. The van der Waals surface area contributed by atoms with Crippen molar-refractivity contribution in [2.24, 2.45) is 5.92 Å². The van der Waals surface area contributed by atoms with Gasteiger partial charge in [-0.2, -0.15) is 0 Å². The zero-order valence-electron chi connectivity index (χ0n) is 15.1. The van der Waals surface area contributed by atoms with Crippen molar-refractivity contribution < 1.29 is 9.90 Å². The summed E-state index contributed by atoms with van der Waals surface area (Å²) >= 11 is 0. The number of piperidine rings is 1. The van der Waals surface area contributed by atoms with E-state index in [9.17, 15) is 9.90 Å². The van der Waals surface area contributed by atoms with Gasteiger partial charge in [0.2, 0.25) is 5.91 Å². The van der Waals surface area contributed by atoms with Gasteiger partial charge in [-0.3, -0.25) is 4.79 Å². The van der Waals surface area contributed by atoms with E-state index in [1.54, 1.807) is 0 Å². The van der Waals surface area contributed by atoms with Crippen LogP contribution in [0.25, 0.3) is 0 Å². The lowest BCUT2D eigenvalue weighted by Crippen LogP contribution is -2.37. The first-order chi connectivity index (χ1) is 11.5. The maximum atomic E-state index is 12.0. The van der Waals surface area contributed by atoms with Gasteiger partial charge in [0.15, 0.2) is 0 Å². The lowest BCUT2D eigenvalue weighted by atomic mass is 10.0. The molecule has 0 spiro atoms. The van der Waals surface area contributed by atoms with Gasteiger partial charge in [-0.25, -0.2) is 0 Å². The lowest BCUT2D eigenvalue weighted by Gasteiger charge is -2.29. The molecule has 0 radical (unpaired) electrons. The number of nitrogens with zero attached hydrogens (tertiary/aromatic N) is 1. The molecule has 0 bridgehead atoms. The second-order valence-corrected chi connectivity index (χ2v) is 7.37. The lowest BCUT2D eigenvalue weighted by molar-refractivity contribution is -0.120. The van der Waals surface area contributed by atoms with Crippen molar-refractivity contribution >= 4 is 5.91 Å². The van der Waals surface area contributed by atoms with Crippen LogP contribution >= 0.6 is 0 Å². The van der Waals surface area contributed by atoms with E-state index >= 15 is 0 Å². The van der Waals surface area contributed by atoms with Crippen LogP contribution in [-0.4, -0.2) is 48.2 Å². The predicted molar refractivity (Wildman–Crippen MR) is 98.0 cm³/mol. The minimum atomic E-state index is -0.118. The van der Waals surface area contributed by atoms with Crippen LogP contribution in [0.1, 0.15) is 44.2 Å². The Morgan fingerprint density at radius 2 is 1.83 bits per heavy atom. The van der Waals surface area contributed by atoms with Crippen molar-refractivity contribution in [2.75, 3.05) is 26.2 Å². The number of carbonyl (C=O) groups excluding carboxylic acids is 1. The van der Waals surface area contributed by atoms with Gasteiger partial charge in [-0.15, -0.1) is 0 Å². The smallest absolute Gasteiger partial charge is 0.224 e. The third-order valence-corrected chi connectivity index (χ3v) is 4.56. The zero-order chi connectivity index (χ0) is 17.4. The van der Waals surface area contributed by atoms with E-state index in [-0.39, 0.29) is 12.0 Å². The highest BCUT2D eigenvalue weighted by molar-refractivity contribution is 5.78. The summed E-state index contributed by atoms with van der Waals surface area (Å²) < 4.78 is 0. The van der Waals surface area contributed by atoms with Crippen molar-refractivity contribution in [3.8, 4) is 0 Å². The second-order valence-electron chi connectivity index (χ2n) is 7.37. The summed E-state index contributed by atoms with van der Waals surface area (Å²) in [5.74, 6) is 0.753. The van der Waals surface area contributed by atoms with Crippen LogP contribution in [0.2, 0.25) is 0 Å². The summed E-state index contributed by atoms with van der Waals surface area (Å²) in [7, 11) is 0. The van der Waals surface area contributed by atoms with E-state index in [2.05, 4.69) is 48.3 Å². The summed E-state index contributed by atoms with van der Waals surface area (Å²) in [5, 5.41) is 12.5. The van der Waals surface area contributed by atoms with Gasteiger partial charge in [0.1, 0.15) is 0 Å². The van der Waals surface area contributed by atoms with Gasteiger partial charge < -0.3 is 15.3 Å². The number of nitrogens with one attached hydrogen (secondary N) is 1. The van der Waals surface area contributed by atoms with Crippen molar-refractivity contribution in [1.29, 1.82) is 0 Å². The van der Waals surface area contributed by atoms with E-state index in [1.165, 1.54) is 5.56 Å². The molecular weight excluding hydrogens is 300 g/mol. The highest BCUT2D eigenvalue weighted by Crippen LogP contribution is 2.11. The molecule has 0 aliphatic carbocycles. The first-order valence-electron chi connectivity index (χ1n) is 9.28. The third kappa shape index (κ3) is 7.02. The molecule has 1 aromatic rings. The Balaban J connectivity index is 1.61. The minimum Gasteiger partial charge on any atom is -0.393 e. The summed E-state index contributed by atoms with van der Waals surface area (Å²) in [6.45, 7) is 8.09. The molecule has 2 rings (SSSR count). The number of benzene rings is 1. The molecule has 1 aromatic carbocycles. The van der Waals surface area contributed by atoms with Crippen LogP contribution in [0.3, 0.4) is 0 Å². The number of hydrogen-bond donors (Lipinski definition) is 2. The van der Waals surface area contributed by atoms with Crippen molar-refractivity contribution in [2.45, 2.75) is 52.1 Å². The Kier molecular flexibility index (Phi) is 7.73. The molecule has 4 heteroatoms. The summed E-state index contributed by atoms with van der Waals surface area (Å²) in [5.41, 5.74) is 2.41. The van der Waals surface area contributed by atoms with Gasteiger partial charge >= 0.3 is 0 Å². The van der Waals surface area contributed by atoms with Gasteiger partial charge in [-0.1, -0.05) is 38.1 Å². The molecule has 1 fully saturated rings. The first-order valence-corrected chi connectivity index (χ1v) is 9.28. The van der Waals surface area contributed by atoms with Gasteiger partial charge in [0.25, 0.3) is 0 Å². The van der Waals surface area contributed by atoms with E-state index < -0.39 is 0 Å². The molecule has 2 N–H and O–H groups in total. The Labute approximate surface area is 146 Å². The molecule has 24 heavy (non-hydrogen) atoms. The topological polar surface area (TPSA) is 52.6 Å². The molecule has 0 saturated carbocycles. The average Bonchev–Trinajstić information content (AvgIpc) is 2.55. The molecular formula is C20H32N2O2. The Bertz CT molecular complexity index is 491. The average molecular weight is 332 g/mol. The van der Waals surface area contributed by atoms with Crippen molar-refractivity contribution in [1.82, 2.24) is 10.2 Å². The fourth-order valence-electron chi connectivity index (χ4n) is 3.19. The Morgan fingerprint density at radius 3 is 2.46 bits per heavy atom. The van der Waals surface area contributed by atoms with Crippen LogP contribution in [0.5, 0.6) is 0 Å². The Morgan fingerprint density at radius 1 is 1.21 bits per heavy atom. The van der Waals surface area contributed by atoms with Crippen LogP contribution in [-0.2, 0) is 17.6 Å². The number of aliphatic hydroxyl groups excluding tert-OH is 1. The van der Waals surface area contributed by atoms with E-state index in [0.29, 0.717) is 12.3 Å². The molecule has 0 unspecified atom stereocenters. The van der Waals surface area contributed by atoms with E-state index in [4.69, 9.17) is 0 Å². The molecule has 1 saturated heterocycles. The fraction of sp³-hybridized carbons (Fsp3) is 0.650. The molecule has 1 heterocycles. The van der Waals surface area contributed by atoms with Crippen molar-refractivity contribution in [3.05, 3.63) is 35.4 Å². The predicted octanol–water partition coefficient (Wildman–Crippen LogP) is 2.39. The number of likely N-dealkylation sites (tertiary alicyclic amines) is 1. The molecule has 4 nitrogen and oxygen atoms in total. The zero-order valence-corrected chi connectivity index (χ0v) is 15.1. The Hall–Kier alpha value is -1.39. The van der Waals surface area contributed by atoms with Crippen LogP contribution in [0.4, 0.5) is 0 Å². The monoisotopic (exact) mass is 332 g/mol. The van der Waals surface area contributed by atoms with Crippen LogP contribution < -0.4 is 5.32 Å². The number of rotatable bonds is 8. The first kappa shape index (κ1) is 18.9. The molecule has 0 aromatic heterocycles. The summed E-state index contributed by atoms with van der Waals surface area (Å²) in [6, 6.07) is 8.40. The maximum absolute atomic E-state index is 12.0. The van der Waals surface area contributed by atoms with Crippen LogP contribution in [0.15, 0.2) is 24.3 Å². The normalized spacial score (nSPS) is 16.5. The van der Waals surface area contributed by atoms with Gasteiger partial charge in [-0.05, 0) is 49.3 Å². The summed E-state index contributed by atoms with van der Waals surface area (Å²) in [4.78, 5) is 14.4. The standard InChI is InChI=1S/C20H32N2O2/c1-16(2)14-17-4-6-18(7-5-17)15-20(24)21-10-3-11-22-12-8-19(23)9-13-22/h4-7,16,19,23H,3,8-15H2,1-2H3,(H,21,24). The van der Waals surface area contributed by atoms with E-state index in [0.717, 1.165) is 57.4 Å². The van der Waals surface area contributed by atoms with Crippen LogP contribution in [0, 0.1) is 5.92 Å².